The van der Waals surface area contributed by atoms with Gasteiger partial charge in [0.1, 0.15) is 5.75 Å². The topological polar surface area (TPSA) is 116 Å². The van der Waals surface area contributed by atoms with Crippen LogP contribution in [0.1, 0.15) is 19.3 Å². The summed E-state index contributed by atoms with van der Waals surface area (Å²) >= 11 is 0. The third kappa shape index (κ3) is 4.35. The molecule has 1 aromatic rings. The molecule has 24 heavy (non-hydrogen) atoms. The second-order valence-electron chi connectivity index (χ2n) is 5.54. The Morgan fingerprint density at radius 3 is 2.75 bits per heavy atom. The number of nitro benzene ring substituents is 1. The van der Waals surface area contributed by atoms with E-state index in [9.17, 15) is 18.5 Å². The van der Waals surface area contributed by atoms with Gasteiger partial charge in [-0.1, -0.05) is 0 Å². The summed E-state index contributed by atoms with van der Waals surface area (Å²) in [6.45, 7) is 1.22. The highest BCUT2D eigenvalue weighted by atomic mass is 35.5. The van der Waals surface area contributed by atoms with Crippen molar-refractivity contribution in [2.45, 2.75) is 24.2 Å². The number of sulfonamides is 1. The number of rotatable bonds is 6. The highest BCUT2D eigenvalue weighted by Crippen LogP contribution is 2.32. The zero-order valence-corrected chi connectivity index (χ0v) is 15.0. The highest BCUT2D eigenvalue weighted by Gasteiger charge is 2.34. The van der Waals surface area contributed by atoms with Gasteiger partial charge in [0, 0.05) is 13.1 Å². The van der Waals surface area contributed by atoms with Gasteiger partial charge in [-0.25, -0.2) is 8.42 Å². The fourth-order valence-electron chi connectivity index (χ4n) is 2.84. The standard InChI is InChI=1S/C14H21N3O5S.ClH/c1-22-12-4-5-14(13(9-12)17(18)19)23(20,21)16-8-2-3-11(10-16)6-7-15;/h4-5,9,11H,2-3,6-8,10,15H2,1H3;1H. The van der Waals surface area contributed by atoms with Crippen LogP contribution >= 0.6 is 12.4 Å². The molecule has 0 saturated carbocycles. The first-order chi connectivity index (χ1) is 10.9. The largest absolute Gasteiger partial charge is 0.497 e. The van der Waals surface area contributed by atoms with E-state index in [4.69, 9.17) is 10.5 Å². The lowest BCUT2D eigenvalue weighted by Gasteiger charge is -2.31. The SMILES string of the molecule is COc1ccc(S(=O)(=O)N2CCCC(CCN)C2)c([N+](=O)[O-])c1.Cl. The molecule has 0 spiro atoms. The monoisotopic (exact) mass is 379 g/mol. The van der Waals surface area contributed by atoms with Gasteiger partial charge in [0.2, 0.25) is 10.0 Å². The minimum absolute atomic E-state index is 0. The van der Waals surface area contributed by atoms with Crippen LogP contribution < -0.4 is 10.5 Å². The fourth-order valence-corrected chi connectivity index (χ4v) is 4.53. The molecule has 1 aromatic carbocycles. The Balaban J connectivity index is 0.00000288. The molecule has 0 aliphatic carbocycles. The smallest absolute Gasteiger partial charge is 0.293 e. The molecule has 0 radical (unpaired) electrons. The van der Waals surface area contributed by atoms with Gasteiger partial charge in [-0.3, -0.25) is 10.1 Å². The second kappa shape index (κ2) is 8.61. The van der Waals surface area contributed by atoms with Crippen molar-refractivity contribution in [2.24, 2.45) is 11.7 Å². The van der Waals surface area contributed by atoms with E-state index in [0.29, 0.717) is 19.6 Å². The van der Waals surface area contributed by atoms with Crippen molar-refractivity contribution in [3.63, 3.8) is 0 Å². The molecule has 2 rings (SSSR count). The van der Waals surface area contributed by atoms with E-state index in [1.165, 1.54) is 23.5 Å². The van der Waals surface area contributed by atoms with E-state index in [0.717, 1.165) is 25.3 Å². The predicted molar refractivity (Wildman–Crippen MR) is 92.1 cm³/mol. The third-order valence-electron chi connectivity index (χ3n) is 4.04. The molecule has 136 valence electrons. The lowest BCUT2D eigenvalue weighted by atomic mass is 9.96. The molecule has 1 unspecified atom stereocenters. The minimum Gasteiger partial charge on any atom is -0.497 e. The summed E-state index contributed by atoms with van der Waals surface area (Å²) in [6.07, 6.45) is 2.40. The Labute approximate surface area is 147 Å². The average molecular weight is 380 g/mol. The number of nitrogens with two attached hydrogens (primary N) is 1. The van der Waals surface area contributed by atoms with Crippen molar-refractivity contribution >= 4 is 28.1 Å². The summed E-state index contributed by atoms with van der Waals surface area (Å²) in [6, 6.07) is 3.79. The van der Waals surface area contributed by atoms with Crippen LogP contribution in [0, 0.1) is 16.0 Å². The van der Waals surface area contributed by atoms with Crippen LogP contribution in [0.25, 0.3) is 0 Å². The van der Waals surface area contributed by atoms with E-state index in [-0.39, 0.29) is 29.0 Å². The summed E-state index contributed by atoms with van der Waals surface area (Å²) in [5, 5.41) is 11.2. The lowest BCUT2D eigenvalue weighted by molar-refractivity contribution is -0.387. The number of nitrogens with zero attached hydrogens (tertiary/aromatic N) is 2. The first-order valence-corrected chi connectivity index (χ1v) is 8.86. The molecule has 1 heterocycles. The van der Waals surface area contributed by atoms with Crippen LogP contribution in [-0.4, -0.2) is 44.4 Å². The zero-order valence-electron chi connectivity index (χ0n) is 13.4. The Hall–Kier alpha value is -1.42. The molecule has 1 aliphatic heterocycles. The second-order valence-corrected chi connectivity index (χ2v) is 7.45. The van der Waals surface area contributed by atoms with Crippen molar-refractivity contribution in [2.75, 3.05) is 26.7 Å². The molecule has 2 N–H and O–H groups in total. The first kappa shape index (κ1) is 20.6. The summed E-state index contributed by atoms with van der Waals surface area (Å²) < 4.78 is 31.9. The summed E-state index contributed by atoms with van der Waals surface area (Å²) in [5.74, 6) is 0.441. The van der Waals surface area contributed by atoms with Gasteiger partial charge in [0.05, 0.1) is 18.1 Å². The average Bonchev–Trinajstić information content (AvgIpc) is 2.54. The maximum Gasteiger partial charge on any atom is 0.293 e. The van der Waals surface area contributed by atoms with Gasteiger partial charge in [-0.05, 0) is 43.9 Å². The van der Waals surface area contributed by atoms with Crippen molar-refractivity contribution in [3.8, 4) is 5.75 Å². The molecule has 8 nitrogen and oxygen atoms in total. The van der Waals surface area contributed by atoms with E-state index >= 15 is 0 Å². The summed E-state index contributed by atoms with van der Waals surface area (Å²) in [4.78, 5) is 10.2. The van der Waals surface area contributed by atoms with Gasteiger partial charge < -0.3 is 10.5 Å². The molecule has 0 aromatic heterocycles. The van der Waals surface area contributed by atoms with Crippen LogP contribution in [0.4, 0.5) is 5.69 Å². The first-order valence-electron chi connectivity index (χ1n) is 7.42. The molecular weight excluding hydrogens is 358 g/mol. The third-order valence-corrected chi connectivity index (χ3v) is 5.95. The van der Waals surface area contributed by atoms with E-state index in [2.05, 4.69) is 0 Å². The van der Waals surface area contributed by atoms with E-state index < -0.39 is 20.6 Å². The number of halogens is 1. The van der Waals surface area contributed by atoms with Crippen LogP contribution in [0.3, 0.4) is 0 Å². The molecular formula is C14H22ClN3O5S. The molecule has 1 fully saturated rings. The Kier molecular flexibility index (Phi) is 7.40. The van der Waals surface area contributed by atoms with Crippen LogP contribution in [0.15, 0.2) is 23.1 Å². The number of methoxy groups -OCH3 is 1. The number of benzene rings is 1. The molecule has 10 heteroatoms. The van der Waals surface area contributed by atoms with Gasteiger partial charge >= 0.3 is 0 Å². The van der Waals surface area contributed by atoms with E-state index in [1.54, 1.807) is 0 Å². The van der Waals surface area contributed by atoms with Crippen molar-refractivity contribution in [1.29, 1.82) is 0 Å². The lowest BCUT2D eigenvalue weighted by Crippen LogP contribution is -2.40. The molecule has 0 bridgehead atoms. The summed E-state index contributed by atoms with van der Waals surface area (Å²) in [7, 11) is -2.55. The van der Waals surface area contributed by atoms with Crippen molar-refractivity contribution < 1.29 is 18.1 Å². The number of hydrogen-bond acceptors (Lipinski definition) is 6. The molecule has 1 aliphatic rings. The maximum absolute atomic E-state index is 12.8. The Bertz CT molecular complexity index is 681. The number of nitro groups is 1. The molecule has 0 amide bonds. The Morgan fingerprint density at radius 1 is 1.46 bits per heavy atom. The highest BCUT2D eigenvalue weighted by molar-refractivity contribution is 7.89. The van der Waals surface area contributed by atoms with Gasteiger partial charge in [-0.15, -0.1) is 12.4 Å². The minimum atomic E-state index is -3.92. The van der Waals surface area contributed by atoms with Crippen molar-refractivity contribution in [1.82, 2.24) is 4.31 Å². The Morgan fingerprint density at radius 2 is 2.17 bits per heavy atom. The van der Waals surface area contributed by atoms with Crippen LogP contribution in [0.5, 0.6) is 5.75 Å². The molecule has 1 saturated heterocycles. The van der Waals surface area contributed by atoms with Crippen LogP contribution in [0.2, 0.25) is 0 Å². The van der Waals surface area contributed by atoms with Crippen molar-refractivity contribution in [3.05, 3.63) is 28.3 Å². The number of hydrogen-bond donors (Lipinski definition) is 1. The maximum atomic E-state index is 12.8. The number of ether oxygens (including phenoxy) is 1. The number of piperidine rings is 1. The quantitative estimate of drug-likeness (QED) is 0.594. The predicted octanol–water partition coefficient (Wildman–Crippen LogP) is 1.77. The van der Waals surface area contributed by atoms with Gasteiger partial charge in [0.15, 0.2) is 4.90 Å². The summed E-state index contributed by atoms with van der Waals surface area (Å²) in [5.41, 5.74) is 5.08. The zero-order chi connectivity index (χ0) is 17.0. The molecule has 1 atom stereocenters. The van der Waals surface area contributed by atoms with Gasteiger partial charge in [-0.2, -0.15) is 4.31 Å². The van der Waals surface area contributed by atoms with Crippen LogP contribution in [-0.2, 0) is 10.0 Å². The normalized spacial score (nSPS) is 18.7. The van der Waals surface area contributed by atoms with E-state index in [1.807, 2.05) is 0 Å². The fraction of sp³-hybridized carbons (Fsp3) is 0.571. The van der Waals surface area contributed by atoms with Gasteiger partial charge in [0.25, 0.3) is 5.69 Å².